The molecular formula is C24H37N5O. The predicted octanol–water partition coefficient (Wildman–Crippen LogP) is 5.02. The third-order valence-electron chi connectivity index (χ3n) is 4.78. The van der Waals surface area contributed by atoms with Crippen LogP contribution in [0.4, 0.5) is 0 Å². The van der Waals surface area contributed by atoms with Gasteiger partial charge in [0, 0.05) is 24.5 Å². The number of aromatic amines is 2. The molecule has 0 radical (unpaired) electrons. The Balaban J connectivity index is 0.000000297. The Bertz CT molecular complexity index is 869. The molecule has 0 bridgehead atoms. The smallest absolute Gasteiger partial charge is 0.123 e. The molecule has 2 aromatic heterocycles. The van der Waals surface area contributed by atoms with E-state index in [0.717, 1.165) is 23.4 Å². The molecule has 0 aliphatic rings. The standard InChI is InChI=1S/C17H25N3O.C7H12N2/c1-17(2,3)15-7-6-13(14-11-18-19-12-14)10-16(15)21-9-8-20(4)5;1-7(2,3)6-4-8-9-5-6/h6-7,10-12H,8-9H2,1-5H3,(H,18,19);4-5H,1-3H3,(H,8,9). The van der Waals surface area contributed by atoms with Crippen molar-refractivity contribution in [3.63, 3.8) is 0 Å². The summed E-state index contributed by atoms with van der Waals surface area (Å²) in [5.41, 5.74) is 4.97. The molecule has 30 heavy (non-hydrogen) atoms. The summed E-state index contributed by atoms with van der Waals surface area (Å²) in [6.07, 6.45) is 7.52. The fraction of sp³-hybridized carbons (Fsp3) is 0.500. The first kappa shape index (κ1) is 23.7. The third kappa shape index (κ3) is 7.02. The van der Waals surface area contributed by atoms with Gasteiger partial charge < -0.3 is 9.64 Å². The quantitative estimate of drug-likeness (QED) is 0.618. The number of nitrogens with one attached hydrogen (secondary N) is 2. The Kier molecular flexibility index (Phi) is 7.84. The Morgan fingerprint density at radius 3 is 2.00 bits per heavy atom. The van der Waals surface area contributed by atoms with Gasteiger partial charge in [0.1, 0.15) is 12.4 Å². The summed E-state index contributed by atoms with van der Waals surface area (Å²) in [6, 6.07) is 6.40. The van der Waals surface area contributed by atoms with Gasteiger partial charge in [-0.25, -0.2) is 0 Å². The summed E-state index contributed by atoms with van der Waals surface area (Å²) in [6.45, 7) is 14.7. The van der Waals surface area contributed by atoms with Crippen molar-refractivity contribution in [1.82, 2.24) is 25.3 Å². The van der Waals surface area contributed by atoms with Crippen molar-refractivity contribution in [2.75, 3.05) is 27.2 Å². The molecule has 0 fully saturated rings. The van der Waals surface area contributed by atoms with Crippen LogP contribution in [-0.2, 0) is 10.8 Å². The van der Waals surface area contributed by atoms with Gasteiger partial charge in [-0.15, -0.1) is 0 Å². The highest BCUT2D eigenvalue weighted by atomic mass is 16.5. The first-order chi connectivity index (χ1) is 14.0. The fourth-order valence-electron chi connectivity index (χ4n) is 2.85. The number of ether oxygens (including phenoxy) is 1. The van der Waals surface area contributed by atoms with E-state index in [1.54, 1.807) is 0 Å². The average molecular weight is 412 g/mol. The lowest BCUT2D eigenvalue weighted by atomic mass is 9.85. The van der Waals surface area contributed by atoms with Crippen LogP contribution < -0.4 is 4.74 Å². The zero-order chi connectivity index (χ0) is 22.4. The van der Waals surface area contributed by atoms with Crippen LogP contribution >= 0.6 is 0 Å². The van der Waals surface area contributed by atoms with E-state index in [0.29, 0.717) is 6.61 Å². The SMILES string of the molecule is CC(C)(C)c1cn[nH]c1.CN(C)CCOc1cc(-c2cn[nH]c2)ccc1C(C)(C)C. The van der Waals surface area contributed by atoms with Crippen molar-refractivity contribution in [1.29, 1.82) is 0 Å². The molecule has 0 unspecified atom stereocenters. The number of hydrogen-bond acceptors (Lipinski definition) is 4. The van der Waals surface area contributed by atoms with Crippen molar-refractivity contribution in [2.24, 2.45) is 0 Å². The van der Waals surface area contributed by atoms with Crippen LogP contribution in [0.3, 0.4) is 0 Å². The molecule has 0 amide bonds. The molecule has 2 N–H and O–H groups in total. The van der Waals surface area contributed by atoms with Crippen LogP contribution in [0.1, 0.15) is 52.7 Å². The van der Waals surface area contributed by atoms with Crippen LogP contribution in [0.25, 0.3) is 11.1 Å². The van der Waals surface area contributed by atoms with Gasteiger partial charge in [-0.3, -0.25) is 10.2 Å². The zero-order valence-corrected chi connectivity index (χ0v) is 19.7. The van der Waals surface area contributed by atoms with Gasteiger partial charge in [0.2, 0.25) is 0 Å². The molecule has 0 saturated heterocycles. The number of nitrogens with zero attached hydrogens (tertiary/aromatic N) is 3. The molecule has 6 nitrogen and oxygen atoms in total. The molecule has 0 spiro atoms. The van der Waals surface area contributed by atoms with E-state index < -0.39 is 0 Å². The second-order valence-electron chi connectivity index (χ2n) is 9.84. The van der Waals surface area contributed by atoms with Gasteiger partial charge in [0.25, 0.3) is 0 Å². The maximum absolute atomic E-state index is 6.04. The van der Waals surface area contributed by atoms with E-state index in [1.807, 2.05) is 24.8 Å². The third-order valence-corrected chi connectivity index (χ3v) is 4.78. The van der Waals surface area contributed by atoms with E-state index in [9.17, 15) is 0 Å². The van der Waals surface area contributed by atoms with Gasteiger partial charge in [-0.2, -0.15) is 10.2 Å². The van der Waals surface area contributed by atoms with Crippen LogP contribution in [0.2, 0.25) is 0 Å². The molecule has 164 valence electrons. The van der Waals surface area contributed by atoms with Crippen molar-refractivity contribution in [3.8, 4) is 16.9 Å². The van der Waals surface area contributed by atoms with Gasteiger partial charge in [0.05, 0.1) is 12.4 Å². The molecule has 0 saturated carbocycles. The number of benzene rings is 1. The molecule has 3 rings (SSSR count). The molecule has 0 aliphatic carbocycles. The lowest BCUT2D eigenvalue weighted by Gasteiger charge is -2.24. The van der Waals surface area contributed by atoms with Crippen LogP contribution in [0.5, 0.6) is 5.75 Å². The second kappa shape index (κ2) is 9.94. The normalized spacial score (nSPS) is 11.9. The monoisotopic (exact) mass is 411 g/mol. The first-order valence-electron chi connectivity index (χ1n) is 10.4. The summed E-state index contributed by atoms with van der Waals surface area (Å²) in [4.78, 5) is 2.12. The number of aromatic nitrogens is 4. The van der Waals surface area contributed by atoms with Crippen molar-refractivity contribution in [2.45, 2.75) is 52.4 Å². The van der Waals surface area contributed by atoms with Crippen LogP contribution in [-0.4, -0.2) is 52.5 Å². The van der Waals surface area contributed by atoms with Gasteiger partial charge >= 0.3 is 0 Å². The molecular weight excluding hydrogens is 374 g/mol. The Morgan fingerprint density at radius 1 is 0.867 bits per heavy atom. The summed E-state index contributed by atoms with van der Waals surface area (Å²) < 4.78 is 6.04. The summed E-state index contributed by atoms with van der Waals surface area (Å²) >= 11 is 0. The highest BCUT2D eigenvalue weighted by Gasteiger charge is 2.20. The summed E-state index contributed by atoms with van der Waals surface area (Å²) in [5, 5.41) is 13.5. The Morgan fingerprint density at radius 2 is 1.53 bits per heavy atom. The topological polar surface area (TPSA) is 69.8 Å². The van der Waals surface area contributed by atoms with E-state index in [-0.39, 0.29) is 10.8 Å². The minimum Gasteiger partial charge on any atom is -0.492 e. The number of rotatable bonds is 5. The number of hydrogen-bond donors (Lipinski definition) is 2. The van der Waals surface area contributed by atoms with Crippen molar-refractivity contribution in [3.05, 3.63) is 54.1 Å². The highest BCUT2D eigenvalue weighted by molar-refractivity contribution is 5.65. The van der Waals surface area contributed by atoms with Crippen LogP contribution in [0, 0.1) is 0 Å². The molecule has 0 atom stereocenters. The summed E-state index contributed by atoms with van der Waals surface area (Å²) in [7, 11) is 4.10. The molecule has 0 aliphatic heterocycles. The minimum atomic E-state index is 0.0579. The Hall–Kier alpha value is -2.60. The van der Waals surface area contributed by atoms with Gasteiger partial charge in [-0.05, 0) is 47.7 Å². The maximum atomic E-state index is 6.04. The number of H-pyrrole nitrogens is 2. The lowest BCUT2D eigenvalue weighted by Crippen LogP contribution is -2.21. The van der Waals surface area contributed by atoms with E-state index in [2.05, 4.69) is 99.1 Å². The first-order valence-corrected chi connectivity index (χ1v) is 10.4. The van der Waals surface area contributed by atoms with Gasteiger partial charge in [0.15, 0.2) is 0 Å². The molecule has 2 heterocycles. The van der Waals surface area contributed by atoms with Crippen molar-refractivity contribution >= 4 is 0 Å². The predicted molar refractivity (Wildman–Crippen MR) is 124 cm³/mol. The van der Waals surface area contributed by atoms with E-state index >= 15 is 0 Å². The highest BCUT2D eigenvalue weighted by Crippen LogP contribution is 2.34. The van der Waals surface area contributed by atoms with E-state index in [4.69, 9.17) is 4.74 Å². The molecule has 3 aromatic rings. The van der Waals surface area contributed by atoms with Crippen LogP contribution in [0.15, 0.2) is 43.0 Å². The summed E-state index contributed by atoms with van der Waals surface area (Å²) in [5.74, 6) is 0.961. The number of likely N-dealkylation sites (N-methyl/N-ethyl adjacent to an activating group) is 1. The maximum Gasteiger partial charge on any atom is 0.123 e. The zero-order valence-electron chi connectivity index (χ0n) is 19.7. The minimum absolute atomic E-state index is 0.0579. The molecule has 1 aromatic carbocycles. The van der Waals surface area contributed by atoms with Crippen molar-refractivity contribution < 1.29 is 4.74 Å². The van der Waals surface area contributed by atoms with E-state index in [1.165, 1.54) is 11.1 Å². The lowest BCUT2D eigenvalue weighted by molar-refractivity contribution is 0.257. The molecule has 6 heteroatoms. The second-order valence-corrected chi connectivity index (χ2v) is 9.84. The largest absolute Gasteiger partial charge is 0.492 e. The fourth-order valence-corrected chi connectivity index (χ4v) is 2.85. The Labute approximate surface area is 181 Å². The van der Waals surface area contributed by atoms with Gasteiger partial charge in [-0.1, -0.05) is 53.7 Å². The average Bonchev–Trinajstić information content (AvgIpc) is 3.34.